The summed E-state index contributed by atoms with van der Waals surface area (Å²) in [5, 5.41) is 9.60. The van der Waals surface area contributed by atoms with Gasteiger partial charge < -0.3 is 9.64 Å². The summed E-state index contributed by atoms with van der Waals surface area (Å²) in [4.78, 5) is 25.8. The molecular formula is C21H28FN3O5S. The van der Waals surface area contributed by atoms with E-state index in [1.165, 1.54) is 24.1 Å². The van der Waals surface area contributed by atoms with E-state index >= 15 is 0 Å². The lowest BCUT2D eigenvalue weighted by Gasteiger charge is -2.38. The van der Waals surface area contributed by atoms with Gasteiger partial charge in [0.25, 0.3) is 5.91 Å². The van der Waals surface area contributed by atoms with Gasteiger partial charge in [-0.3, -0.25) is 9.59 Å². The number of nitrogens with zero attached hydrogens (tertiary/aromatic N) is 2. The summed E-state index contributed by atoms with van der Waals surface area (Å²) in [5.74, 6) is -2.97. The molecule has 0 aromatic heterocycles. The van der Waals surface area contributed by atoms with Gasteiger partial charge in [0.05, 0.1) is 6.07 Å². The standard InChI is InChI=1S/C21H28FN3O5S/c1-15(2)19(24-31(28,29)17-10-6-5-9-16(17)22)20(27)30-13-18(26)25(3)21(14-23)11-7-4-8-12-21/h5-6,9-10,15,19,24H,4,7-8,11-13H2,1-3H3. The summed E-state index contributed by atoms with van der Waals surface area (Å²) in [6.45, 7) is 2.57. The van der Waals surface area contributed by atoms with Crippen molar-refractivity contribution in [3.63, 3.8) is 0 Å². The Hall–Kier alpha value is -2.51. The highest BCUT2D eigenvalue weighted by Gasteiger charge is 2.39. The van der Waals surface area contributed by atoms with Crippen LogP contribution in [-0.2, 0) is 24.3 Å². The number of hydrogen-bond acceptors (Lipinski definition) is 6. The monoisotopic (exact) mass is 453 g/mol. The number of nitriles is 1. The van der Waals surface area contributed by atoms with E-state index in [-0.39, 0.29) is 0 Å². The van der Waals surface area contributed by atoms with E-state index in [9.17, 15) is 27.7 Å². The van der Waals surface area contributed by atoms with Crippen LogP contribution in [0, 0.1) is 23.1 Å². The van der Waals surface area contributed by atoms with Crippen LogP contribution in [0.3, 0.4) is 0 Å². The van der Waals surface area contributed by atoms with Gasteiger partial charge in [0.15, 0.2) is 6.61 Å². The fourth-order valence-corrected chi connectivity index (χ4v) is 4.98. The molecule has 1 aliphatic rings. The Morgan fingerprint density at radius 2 is 1.87 bits per heavy atom. The first kappa shape index (κ1) is 24.8. The molecule has 1 N–H and O–H groups in total. The third kappa shape index (κ3) is 5.80. The molecule has 1 amide bonds. The lowest BCUT2D eigenvalue weighted by Crippen LogP contribution is -2.52. The normalized spacial score (nSPS) is 16.9. The molecule has 0 heterocycles. The van der Waals surface area contributed by atoms with E-state index in [1.807, 2.05) is 0 Å². The first-order chi connectivity index (χ1) is 14.5. The van der Waals surface area contributed by atoms with Crippen LogP contribution in [0.15, 0.2) is 29.2 Å². The number of carbonyl (C=O) groups excluding carboxylic acids is 2. The Balaban J connectivity index is 2.07. The quantitative estimate of drug-likeness (QED) is 0.604. The third-order valence-electron chi connectivity index (χ3n) is 5.57. The topological polar surface area (TPSA) is 117 Å². The summed E-state index contributed by atoms with van der Waals surface area (Å²) in [6, 6.07) is 5.71. The van der Waals surface area contributed by atoms with Gasteiger partial charge in [-0.1, -0.05) is 45.2 Å². The predicted molar refractivity (Wildman–Crippen MR) is 111 cm³/mol. The second-order valence-corrected chi connectivity index (χ2v) is 9.72. The molecule has 1 aromatic rings. The van der Waals surface area contributed by atoms with Crippen molar-refractivity contribution in [1.29, 1.82) is 5.26 Å². The molecule has 0 saturated heterocycles. The van der Waals surface area contributed by atoms with E-state index < -0.39 is 56.7 Å². The summed E-state index contributed by atoms with van der Waals surface area (Å²) in [5.41, 5.74) is -0.925. The molecule has 170 valence electrons. The molecule has 10 heteroatoms. The number of likely N-dealkylation sites (N-methyl/N-ethyl adjacent to an activating group) is 1. The van der Waals surface area contributed by atoms with E-state index in [2.05, 4.69) is 10.8 Å². The largest absolute Gasteiger partial charge is 0.454 e. The molecule has 1 saturated carbocycles. The zero-order chi connectivity index (χ0) is 23.2. The number of rotatable bonds is 8. The number of nitrogens with one attached hydrogen (secondary N) is 1. The van der Waals surface area contributed by atoms with Gasteiger partial charge in [0.1, 0.15) is 22.3 Å². The average molecular weight is 454 g/mol. The van der Waals surface area contributed by atoms with Gasteiger partial charge in [-0.05, 0) is 30.9 Å². The smallest absolute Gasteiger partial charge is 0.324 e. The van der Waals surface area contributed by atoms with Gasteiger partial charge >= 0.3 is 5.97 Å². The van der Waals surface area contributed by atoms with E-state index in [0.717, 1.165) is 31.4 Å². The molecule has 31 heavy (non-hydrogen) atoms. The maximum Gasteiger partial charge on any atom is 0.324 e. The molecule has 1 aliphatic carbocycles. The van der Waals surface area contributed by atoms with Gasteiger partial charge in [-0.15, -0.1) is 0 Å². The molecule has 0 bridgehead atoms. The number of esters is 1. The van der Waals surface area contributed by atoms with Gasteiger partial charge in [-0.2, -0.15) is 9.98 Å². The minimum absolute atomic E-state index is 0.523. The lowest BCUT2D eigenvalue weighted by atomic mass is 9.81. The highest BCUT2D eigenvalue weighted by atomic mass is 32.2. The van der Waals surface area contributed by atoms with Crippen molar-refractivity contribution in [3.05, 3.63) is 30.1 Å². The van der Waals surface area contributed by atoms with E-state index in [0.29, 0.717) is 12.8 Å². The van der Waals surface area contributed by atoms with Crippen LogP contribution in [0.25, 0.3) is 0 Å². The number of sulfonamides is 1. The van der Waals surface area contributed by atoms with Crippen molar-refractivity contribution >= 4 is 21.9 Å². The van der Waals surface area contributed by atoms with Crippen molar-refractivity contribution in [2.45, 2.75) is 62.4 Å². The van der Waals surface area contributed by atoms with Crippen LogP contribution in [0.5, 0.6) is 0 Å². The summed E-state index contributed by atoms with van der Waals surface area (Å²) >= 11 is 0. The van der Waals surface area contributed by atoms with Crippen LogP contribution >= 0.6 is 0 Å². The Bertz CT molecular complexity index is 952. The highest BCUT2D eigenvalue weighted by Crippen LogP contribution is 2.32. The molecular weight excluding hydrogens is 425 g/mol. The molecule has 0 radical (unpaired) electrons. The summed E-state index contributed by atoms with van der Waals surface area (Å²) in [6.07, 6.45) is 3.77. The number of amides is 1. The van der Waals surface area contributed by atoms with Gasteiger partial charge in [-0.25, -0.2) is 12.8 Å². The number of carbonyl (C=O) groups is 2. The van der Waals surface area contributed by atoms with Crippen LogP contribution in [-0.4, -0.2) is 50.4 Å². The minimum atomic E-state index is -4.33. The SMILES string of the molecule is CC(C)C(NS(=O)(=O)c1ccccc1F)C(=O)OCC(=O)N(C)C1(C#N)CCCCC1. The summed E-state index contributed by atoms with van der Waals surface area (Å²) in [7, 11) is -2.82. The second-order valence-electron chi connectivity index (χ2n) is 8.04. The van der Waals surface area contributed by atoms with Crippen LogP contribution in [0.2, 0.25) is 0 Å². The zero-order valence-electron chi connectivity index (χ0n) is 17.9. The number of hydrogen-bond donors (Lipinski definition) is 1. The molecule has 0 aliphatic heterocycles. The maximum absolute atomic E-state index is 13.9. The highest BCUT2D eigenvalue weighted by molar-refractivity contribution is 7.89. The molecule has 1 atom stereocenters. The first-order valence-electron chi connectivity index (χ1n) is 10.2. The lowest BCUT2D eigenvalue weighted by molar-refractivity contribution is -0.155. The maximum atomic E-state index is 13.9. The van der Waals surface area contributed by atoms with Crippen molar-refractivity contribution in [2.75, 3.05) is 13.7 Å². The zero-order valence-corrected chi connectivity index (χ0v) is 18.7. The van der Waals surface area contributed by atoms with Crippen molar-refractivity contribution < 1.29 is 27.1 Å². The fraction of sp³-hybridized carbons (Fsp3) is 0.571. The molecule has 1 unspecified atom stereocenters. The van der Waals surface area contributed by atoms with Gasteiger partial charge in [0.2, 0.25) is 10.0 Å². The fourth-order valence-electron chi connectivity index (χ4n) is 3.57. The number of halogens is 1. The van der Waals surface area contributed by atoms with Crippen molar-refractivity contribution in [3.8, 4) is 6.07 Å². The van der Waals surface area contributed by atoms with Crippen LogP contribution < -0.4 is 4.72 Å². The minimum Gasteiger partial charge on any atom is -0.454 e. The van der Waals surface area contributed by atoms with Crippen molar-refractivity contribution in [2.24, 2.45) is 5.92 Å². The van der Waals surface area contributed by atoms with Crippen LogP contribution in [0.4, 0.5) is 4.39 Å². The average Bonchev–Trinajstić information content (AvgIpc) is 2.75. The Morgan fingerprint density at radius 3 is 2.42 bits per heavy atom. The predicted octanol–water partition coefficient (Wildman–Crippen LogP) is 2.36. The van der Waals surface area contributed by atoms with E-state index in [4.69, 9.17) is 4.74 Å². The third-order valence-corrected chi connectivity index (χ3v) is 7.05. The van der Waals surface area contributed by atoms with Crippen molar-refractivity contribution in [1.82, 2.24) is 9.62 Å². The number of ether oxygens (including phenoxy) is 1. The summed E-state index contributed by atoms with van der Waals surface area (Å²) < 4.78 is 46.2. The first-order valence-corrected chi connectivity index (χ1v) is 11.6. The Kier molecular flexibility index (Phi) is 8.14. The van der Waals surface area contributed by atoms with E-state index in [1.54, 1.807) is 13.8 Å². The Labute approximate surface area is 182 Å². The molecule has 1 fully saturated rings. The molecule has 1 aromatic carbocycles. The molecule has 8 nitrogen and oxygen atoms in total. The Morgan fingerprint density at radius 1 is 1.26 bits per heavy atom. The number of benzene rings is 1. The van der Waals surface area contributed by atoms with Gasteiger partial charge in [0, 0.05) is 7.05 Å². The molecule has 2 rings (SSSR count). The molecule has 0 spiro atoms. The second kappa shape index (κ2) is 10.2. The van der Waals surface area contributed by atoms with Crippen LogP contribution in [0.1, 0.15) is 46.0 Å².